The van der Waals surface area contributed by atoms with Gasteiger partial charge in [0.2, 0.25) is 17.7 Å². The summed E-state index contributed by atoms with van der Waals surface area (Å²) < 4.78 is 0. The van der Waals surface area contributed by atoms with Gasteiger partial charge in [-0.2, -0.15) is 0 Å². The van der Waals surface area contributed by atoms with E-state index in [1.807, 2.05) is 0 Å². The molecule has 0 aliphatic carbocycles. The van der Waals surface area contributed by atoms with Crippen LogP contribution in [0.2, 0.25) is 0 Å². The maximum Gasteiger partial charge on any atom is 0.325 e. The number of carbonyl (C=O) groups excluding carboxylic acids is 3. The van der Waals surface area contributed by atoms with Crippen molar-refractivity contribution >= 4 is 23.7 Å². The molecule has 0 bridgehead atoms. The van der Waals surface area contributed by atoms with Gasteiger partial charge in [-0.25, -0.2) is 0 Å². The second-order valence-corrected chi connectivity index (χ2v) is 5.36. The number of carboxylic acids is 1. The molecule has 3 unspecified atom stereocenters. The van der Waals surface area contributed by atoms with Crippen molar-refractivity contribution in [3.05, 3.63) is 0 Å². The van der Waals surface area contributed by atoms with Crippen LogP contribution in [-0.2, 0) is 19.2 Å². The van der Waals surface area contributed by atoms with Gasteiger partial charge in [0.15, 0.2) is 0 Å². The lowest BCUT2D eigenvalue weighted by Gasteiger charge is -2.19. The smallest absolute Gasteiger partial charge is 0.325 e. The van der Waals surface area contributed by atoms with Crippen molar-refractivity contribution in [2.75, 3.05) is 13.2 Å². The fraction of sp³-hybridized carbons (Fsp3) is 0.692. The summed E-state index contributed by atoms with van der Waals surface area (Å²) in [6.07, 6.45) is 0. The summed E-state index contributed by atoms with van der Waals surface area (Å²) in [6, 6.07) is -3.26. The van der Waals surface area contributed by atoms with Crippen molar-refractivity contribution in [1.82, 2.24) is 16.0 Å². The van der Waals surface area contributed by atoms with Crippen LogP contribution >= 0.6 is 0 Å². The molecule has 0 saturated carbocycles. The molecule has 0 aromatic rings. The standard InChI is InChI=1S/C13H24N4O6/c1-6(2)10(14)12(21)15-4-9(19)17-8(5-18)11(20)16-7(3)13(22)23/h6-8,10,18H,4-5,14H2,1-3H3,(H,15,21)(H,16,20)(H,17,19)(H,22,23). The van der Waals surface area contributed by atoms with Crippen LogP contribution in [-0.4, -0.2) is 65.2 Å². The zero-order valence-corrected chi connectivity index (χ0v) is 13.3. The first-order valence-corrected chi connectivity index (χ1v) is 7.06. The molecular weight excluding hydrogens is 308 g/mol. The van der Waals surface area contributed by atoms with E-state index in [-0.39, 0.29) is 5.92 Å². The highest BCUT2D eigenvalue weighted by atomic mass is 16.4. The van der Waals surface area contributed by atoms with Crippen LogP contribution in [0.25, 0.3) is 0 Å². The normalized spacial score (nSPS) is 14.5. The molecule has 0 radical (unpaired) electrons. The summed E-state index contributed by atoms with van der Waals surface area (Å²) in [6.45, 7) is 3.60. The fourth-order valence-electron chi connectivity index (χ4n) is 1.40. The molecule has 0 aliphatic heterocycles. The number of aliphatic hydroxyl groups is 1. The van der Waals surface area contributed by atoms with Crippen LogP contribution in [0.5, 0.6) is 0 Å². The van der Waals surface area contributed by atoms with Gasteiger partial charge in [-0.05, 0) is 12.8 Å². The molecule has 3 atom stereocenters. The predicted octanol–water partition coefficient (Wildman–Crippen LogP) is -2.85. The SMILES string of the molecule is CC(NC(=O)C(CO)NC(=O)CNC(=O)C(N)C(C)C)C(=O)O. The van der Waals surface area contributed by atoms with Crippen molar-refractivity contribution in [1.29, 1.82) is 0 Å². The van der Waals surface area contributed by atoms with Crippen molar-refractivity contribution in [3.8, 4) is 0 Å². The number of carbonyl (C=O) groups is 4. The van der Waals surface area contributed by atoms with Gasteiger partial charge in [-0.15, -0.1) is 0 Å². The molecule has 0 aromatic carbocycles. The third-order valence-electron chi connectivity index (χ3n) is 3.01. The number of aliphatic carboxylic acids is 1. The monoisotopic (exact) mass is 332 g/mol. The average Bonchev–Trinajstić information content (AvgIpc) is 2.48. The van der Waals surface area contributed by atoms with Crippen LogP contribution < -0.4 is 21.7 Å². The third kappa shape index (κ3) is 7.56. The lowest BCUT2D eigenvalue weighted by atomic mass is 10.1. The van der Waals surface area contributed by atoms with Crippen molar-refractivity contribution in [3.63, 3.8) is 0 Å². The number of nitrogens with one attached hydrogen (secondary N) is 3. The molecule has 0 heterocycles. The Hall–Kier alpha value is -2.20. The van der Waals surface area contributed by atoms with Crippen LogP contribution in [0.3, 0.4) is 0 Å². The minimum atomic E-state index is -1.32. The number of nitrogens with two attached hydrogens (primary N) is 1. The van der Waals surface area contributed by atoms with Gasteiger partial charge < -0.3 is 31.9 Å². The van der Waals surface area contributed by atoms with Gasteiger partial charge in [0, 0.05) is 0 Å². The van der Waals surface area contributed by atoms with Crippen molar-refractivity contribution in [2.45, 2.75) is 38.9 Å². The minimum Gasteiger partial charge on any atom is -0.480 e. The maximum absolute atomic E-state index is 11.7. The van der Waals surface area contributed by atoms with E-state index in [1.54, 1.807) is 13.8 Å². The Morgan fingerprint density at radius 1 is 1.04 bits per heavy atom. The molecule has 3 amide bonds. The Balaban J connectivity index is 4.42. The van der Waals surface area contributed by atoms with E-state index in [0.717, 1.165) is 0 Å². The summed E-state index contributed by atoms with van der Waals surface area (Å²) in [5.41, 5.74) is 5.60. The van der Waals surface area contributed by atoms with Crippen LogP contribution in [0.4, 0.5) is 0 Å². The van der Waals surface area contributed by atoms with Crippen LogP contribution in [0.1, 0.15) is 20.8 Å². The Bertz CT molecular complexity index is 454. The Morgan fingerprint density at radius 3 is 2.04 bits per heavy atom. The van der Waals surface area contributed by atoms with Crippen LogP contribution in [0.15, 0.2) is 0 Å². The Kier molecular flexibility index (Phi) is 8.81. The number of hydrogen-bond acceptors (Lipinski definition) is 6. The molecule has 10 nitrogen and oxygen atoms in total. The molecular formula is C13H24N4O6. The predicted molar refractivity (Wildman–Crippen MR) is 80.1 cm³/mol. The van der Waals surface area contributed by atoms with E-state index in [0.29, 0.717) is 0 Å². The summed E-state index contributed by atoms with van der Waals surface area (Å²) in [4.78, 5) is 45.6. The molecule has 0 saturated heterocycles. The Morgan fingerprint density at radius 2 is 1.61 bits per heavy atom. The highest BCUT2D eigenvalue weighted by molar-refractivity contribution is 5.92. The quantitative estimate of drug-likeness (QED) is 0.264. The van der Waals surface area contributed by atoms with Gasteiger partial charge in [0.1, 0.15) is 12.1 Å². The highest BCUT2D eigenvalue weighted by Gasteiger charge is 2.24. The van der Waals surface area contributed by atoms with Crippen LogP contribution in [0, 0.1) is 5.92 Å². The maximum atomic E-state index is 11.7. The molecule has 10 heteroatoms. The van der Waals surface area contributed by atoms with E-state index in [1.165, 1.54) is 6.92 Å². The molecule has 7 N–H and O–H groups in total. The summed E-state index contributed by atoms with van der Waals surface area (Å²) in [7, 11) is 0. The lowest BCUT2D eigenvalue weighted by Crippen LogP contribution is -2.54. The lowest BCUT2D eigenvalue weighted by molar-refractivity contribution is -0.142. The number of rotatable bonds is 9. The number of aliphatic hydroxyl groups excluding tert-OH is 1. The third-order valence-corrected chi connectivity index (χ3v) is 3.01. The topological polar surface area (TPSA) is 171 Å². The Labute approximate surface area is 133 Å². The van der Waals surface area contributed by atoms with Gasteiger partial charge in [-0.1, -0.05) is 13.8 Å². The number of carboxylic acid groups (broad SMARTS) is 1. The van der Waals surface area contributed by atoms with Crippen molar-refractivity contribution < 1.29 is 29.4 Å². The highest BCUT2D eigenvalue weighted by Crippen LogP contribution is 1.97. The molecule has 0 fully saturated rings. The molecule has 23 heavy (non-hydrogen) atoms. The largest absolute Gasteiger partial charge is 0.480 e. The summed E-state index contributed by atoms with van der Waals surface area (Å²) in [5.74, 6) is -3.44. The molecule has 0 rings (SSSR count). The number of hydrogen-bond donors (Lipinski definition) is 6. The first kappa shape index (κ1) is 20.8. The first-order valence-electron chi connectivity index (χ1n) is 7.06. The molecule has 0 spiro atoms. The van der Waals surface area contributed by atoms with E-state index >= 15 is 0 Å². The van der Waals surface area contributed by atoms with Crippen molar-refractivity contribution in [2.24, 2.45) is 11.7 Å². The molecule has 132 valence electrons. The van der Waals surface area contributed by atoms with E-state index in [9.17, 15) is 19.2 Å². The van der Waals surface area contributed by atoms with E-state index < -0.39 is 55.0 Å². The van der Waals surface area contributed by atoms with Gasteiger partial charge in [-0.3, -0.25) is 19.2 Å². The van der Waals surface area contributed by atoms with E-state index in [2.05, 4.69) is 16.0 Å². The van der Waals surface area contributed by atoms with E-state index in [4.69, 9.17) is 15.9 Å². The second-order valence-electron chi connectivity index (χ2n) is 5.36. The number of amides is 3. The first-order chi connectivity index (χ1) is 10.6. The summed E-state index contributed by atoms with van der Waals surface area (Å²) >= 11 is 0. The average molecular weight is 332 g/mol. The summed E-state index contributed by atoms with van der Waals surface area (Å²) in [5, 5.41) is 24.4. The molecule has 0 aliphatic rings. The van der Waals surface area contributed by atoms with Gasteiger partial charge >= 0.3 is 5.97 Å². The van der Waals surface area contributed by atoms with Gasteiger partial charge in [0.05, 0.1) is 19.2 Å². The minimum absolute atomic E-state index is 0.105. The van der Waals surface area contributed by atoms with Gasteiger partial charge in [0.25, 0.3) is 0 Å². The second kappa shape index (κ2) is 9.74. The zero-order chi connectivity index (χ0) is 18.2. The fourth-order valence-corrected chi connectivity index (χ4v) is 1.40. The zero-order valence-electron chi connectivity index (χ0n) is 13.3. The molecule has 0 aromatic heterocycles.